The summed E-state index contributed by atoms with van der Waals surface area (Å²) in [6.07, 6.45) is 28.1. The van der Waals surface area contributed by atoms with E-state index in [4.69, 9.17) is 5.73 Å². The van der Waals surface area contributed by atoms with Crippen molar-refractivity contribution in [1.82, 2.24) is 0 Å². The number of nitrogen functional groups attached to an aromatic ring is 1. The summed E-state index contributed by atoms with van der Waals surface area (Å²) in [5.74, 6) is 1.47. The van der Waals surface area contributed by atoms with Crippen LogP contribution in [-0.4, -0.2) is 0 Å². The average Bonchev–Trinajstić information content (AvgIpc) is 2.78. The quantitative estimate of drug-likeness (QED) is 0.183. The number of nitrogens with two attached hydrogens (primary N) is 1. The second-order valence-corrected chi connectivity index (χ2v) is 10.3. The topological polar surface area (TPSA) is 26.0 Å². The monoisotopic (exact) mass is 427 g/mol. The minimum absolute atomic E-state index is 0.714. The molecule has 0 aromatic heterocycles. The molecule has 1 aromatic carbocycles. The van der Waals surface area contributed by atoms with Crippen LogP contribution < -0.4 is 5.73 Å². The Hall–Kier alpha value is -0.980. The number of hydrogen-bond acceptors (Lipinski definition) is 1. The Labute approximate surface area is 195 Å². The zero-order valence-electron chi connectivity index (χ0n) is 21.1. The van der Waals surface area contributed by atoms with Gasteiger partial charge in [-0.15, -0.1) is 0 Å². The van der Waals surface area contributed by atoms with Gasteiger partial charge in [-0.1, -0.05) is 129 Å². The van der Waals surface area contributed by atoms with E-state index in [-0.39, 0.29) is 0 Å². The van der Waals surface area contributed by atoms with Crippen LogP contribution in [-0.2, 0) is 0 Å². The number of anilines is 1. The van der Waals surface area contributed by atoms with Crippen molar-refractivity contribution in [2.75, 3.05) is 5.73 Å². The van der Waals surface area contributed by atoms with Gasteiger partial charge in [-0.25, -0.2) is 0 Å². The summed E-state index contributed by atoms with van der Waals surface area (Å²) in [5, 5.41) is 0. The van der Waals surface area contributed by atoms with Crippen molar-refractivity contribution in [2.24, 2.45) is 0 Å². The van der Waals surface area contributed by atoms with Gasteiger partial charge in [0.15, 0.2) is 0 Å². The lowest BCUT2D eigenvalue weighted by atomic mass is 9.72. The van der Waals surface area contributed by atoms with E-state index >= 15 is 0 Å². The van der Waals surface area contributed by atoms with Crippen LogP contribution in [0.4, 0.5) is 5.69 Å². The number of rotatable bonds is 18. The van der Waals surface area contributed by atoms with Crippen molar-refractivity contribution in [3.05, 3.63) is 29.3 Å². The number of hydrogen-bond donors (Lipinski definition) is 1. The lowest BCUT2D eigenvalue weighted by Gasteiger charge is -2.33. The Bertz CT molecular complexity index is 564. The standard InChI is InChI=1S/C30H53N/c1-3-5-7-9-11-12-13-14-16-17-20-26-24-25-27(21-18-15-10-8-6-4-2)30-28(26)22-19-23-29(30)31/h19,22-23,26-27H,3-18,20-21,24-25,31H2,1-2H3. The summed E-state index contributed by atoms with van der Waals surface area (Å²) < 4.78 is 0. The van der Waals surface area contributed by atoms with Gasteiger partial charge in [0.2, 0.25) is 0 Å². The maximum absolute atomic E-state index is 6.52. The highest BCUT2D eigenvalue weighted by molar-refractivity contribution is 5.55. The van der Waals surface area contributed by atoms with Crippen molar-refractivity contribution in [1.29, 1.82) is 0 Å². The lowest BCUT2D eigenvalue weighted by molar-refractivity contribution is 0.420. The van der Waals surface area contributed by atoms with Crippen LogP contribution in [0.25, 0.3) is 0 Å². The maximum Gasteiger partial charge on any atom is 0.0352 e. The third-order valence-corrected chi connectivity index (χ3v) is 7.70. The maximum atomic E-state index is 6.52. The van der Waals surface area contributed by atoms with E-state index < -0.39 is 0 Å². The Morgan fingerprint density at radius 3 is 1.61 bits per heavy atom. The van der Waals surface area contributed by atoms with Crippen LogP contribution in [0, 0.1) is 0 Å². The molecular formula is C30H53N. The highest BCUT2D eigenvalue weighted by atomic mass is 14.6. The molecule has 0 radical (unpaired) electrons. The molecule has 178 valence electrons. The van der Waals surface area contributed by atoms with E-state index in [1.165, 1.54) is 128 Å². The van der Waals surface area contributed by atoms with Gasteiger partial charge in [0, 0.05) is 5.69 Å². The molecule has 0 bridgehead atoms. The highest BCUT2D eigenvalue weighted by Crippen LogP contribution is 2.45. The zero-order valence-corrected chi connectivity index (χ0v) is 21.1. The van der Waals surface area contributed by atoms with Gasteiger partial charge in [0.05, 0.1) is 0 Å². The normalized spacial score (nSPS) is 18.3. The van der Waals surface area contributed by atoms with E-state index in [1.54, 1.807) is 11.1 Å². The SMILES string of the molecule is CCCCCCCCCCCCC1CCC(CCCCCCCC)c2c(N)cccc21. The highest BCUT2D eigenvalue weighted by Gasteiger charge is 2.28. The summed E-state index contributed by atoms with van der Waals surface area (Å²) in [7, 11) is 0. The van der Waals surface area contributed by atoms with Crippen LogP contribution in [0.3, 0.4) is 0 Å². The van der Waals surface area contributed by atoms with Crippen LogP contribution in [0.15, 0.2) is 18.2 Å². The smallest absolute Gasteiger partial charge is 0.0352 e. The molecule has 0 saturated carbocycles. The van der Waals surface area contributed by atoms with E-state index in [2.05, 4.69) is 32.0 Å². The molecule has 0 fully saturated rings. The number of fused-ring (bicyclic) bond motifs is 1. The van der Waals surface area contributed by atoms with E-state index in [0.29, 0.717) is 5.92 Å². The lowest BCUT2D eigenvalue weighted by Crippen LogP contribution is -2.17. The van der Waals surface area contributed by atoms with Crippen LogP contribution in [0.2, 0.25) is 0 Å². The first-order valence-corrected chi connectivity index (χ1v) is 14.2. The number of benzene rings is 1. The molecule has 2 atom stereocenters. The van der Waals surface area contributed by atoms with E-state index in [9.17, 15) is 0 Å². The Morgan fingerprint density at radius 1 is 0.613 bits per heavy atom. The van der Waals surface area contributed by atoms with Gasteiger partial charge in [0.1, 0.15) is 0 Å². The third-order valence-electron chi connectivity index (χ3n) is 7.70. The Kier molecular flexibility index (Phi) is 14.1. The summed E-state index contributed by atoms with van der Waals surface area (Å²) in [4.78, 5) is 0. The summed E-state index contributed by atoms with van der Waals surface area (Å²) in [6, 6.07) is 6.75. The molecule has 2 N–H and O–H groups in total. The molecule has 0 heterocycles. The molecule has 31 heavy (non-hydrogen) atoms. The van der Waals surface area contributed by atoms with E-state index in [1.807, 2.05) is 0 Å². The molecule has 2 rings (SSSR count). The van der Waals surface area contributed by atoms with Gasteiger partial charge >= 0.3 is 0 Å². The summed E-state index contributed by atoms with van der Waals surface area (Å²) in [5.41, 5.74) is 10.7. The zero-order chi connectivity index (χ0) is 22.2. The second-order valence-electron chi connectivity index (χ2n) is 10.3. The van der Waals surface area contributed by atoms with E-state index in [0.717, 1.165) is 11.6 Å². The summed E-state index contributed by atoms with van der Waals surface area (Å²) >= 11 is 0. The Balaban J connectivity index is 1.69. The fraction of sp³-hybridized carbons (Fsp3) is 0.800. The predicted octanol–water partition coefficient (Wildman–Crippen LogP) is 10.3. The molecular weight excluding hydrogens is 374 g/mol. The molecule has 1 heteroatoms. The fourth-order valence-electron chi connectivity index (χ4n) is 5.77. The molecule has 1 nitrogen and oxygen atoms in total. The first kappa shape index (κ1) is 26.3. The largest absolute Gasteiger partial charge is 0.398 e. The average molecular weight is 428 g/mol. The molecule has 0 saturated heterocycles. The predicted molar refractivity (Wildman–Crippen MR) is 140 cm³/mol. The van der Waals surface area contributed by atoms with Gasteiger partial charge in [0.25, 0.3) is 0 Å². The second kappa shape index (κ2) is 16.6. The minimum atomic E-state index is 0.714. The first-order chi connectivity index (χ1) is 15.3. The fourth-order valence-corrected chi connectivity index (χ4v) is 5.77. The van der Waals surface area contributed by atoms with Crippen LogP contribution in [0.1, 0.15) is 165 Å². The molecule has 0 spiro atoms. The van der Waals surface area contributed by atoms with Crippen LogP contribution >= 0.6 is 0 Å². The molecule has 2 unspecified atom stereocenters. The number of unbranched alkanes of at least 4 members (excludes halogenated alkanes) is 14. The minimum Gasteiger partial charge on any atom is -0.398 e. The summed E-state index contributed by atoms with van der Waals surface area (Å²) in [6.45, 7) is 4.60. The van der Waals surface area contributed by atoms with Crippen molar-refractivity contribution in [3.63, 3.8) is 0 Å². The van der Waals surface area contributed by atoms with Crippen molar-refractivity contribution in [2.45, 2.75) is 154 Å². The van der Waals surface area contributed by atoms with Crippen molar-refractivity contribution < 1.29 is 0 Å². The van der Waals surface area contributed by atoms with Gasteiger partial charge < -0.3 is 5.73 Å². The molecule has 1 aliphatic rings. The Morgan fingerprint density at radius 2 is 1.06 bits per heavy atom. The molecule has 0 amide bonds. The molecule has 0 aliphatic heterocycles. The molecule has 1 aromatic rings. The van der Waals surface area contributed by atoms with Gasteiger partial charge in [-0.3, -0.25) is 0 Å². The van der Waals surface area contributed by atoms with Gasteiger partial charge in [-0.2, -0.15) is 0 Å². The van der Waals surface area contributed by atoms with Crippen LogP contribution in [0.5, 0.6) is 0 Å². The first-order valence-electron chi connectivity index (χ1n) is 14.2. The third kappa shape index (κ3) is 10.0. The van der Waals surface area contributed by atoms with Crippen molar-refractivity contribution in [3.8, 4) is 0 Å². The molecule has 1 aliphatic carbocycles. The van der Waals surface area contributed by atoms with Crippen molar-refractivity contribution >= 4 is 5.69 Å². The van der Waals surface area contributed by atoms with Gasteiger partial charge in [-0.05, 0) is 54.7 Å².